The average Bonchev–Trinajstić information content (AvgIpc) is 2.26. The number of nitrogens with one attached hydrogen (secondary N) is 1. The van der Waals surface area contributed by atoms with E-state index in [4.69, 9.17) is 8.85 Å². The van der Waals surface area contributed by atoms with Crippen LogP contribution in [-0.4, -0.2) is 28.5 Å². The highest BCUT2D eigenvalue weighted by molar-refractivity contribution is 6.64. The zero-order chi connectivity index (χ0) is 12.3. The lowest BCUT2D eigenvalue weighted by Gasteiger charge is -2.30. The van der Waals surface area contributed by atoms with Gasteiger partial charge in [-0.25, -0.2) is 0 Å². The summed E-state index contributed by atoms with van der Waals surface area (Å²) in [5.74, 6) is 0. The van der Waals surface area contributed by atoms with Crippen molar-refractivity contribution in [2.75, 3.05) is 19.8 Å². The van der Waals surface area contributed by atoms with Crippen LogP contribution in [0.5, 0.6) is 0 Å². The van der Waals surface area contributed by atoms with Crippen LogP contribution in [0, 0.1) is 0 Å². The molecule has 0 rings (SSSR count). The van der Waals surface area contributed by atoms with Crippen LogP contribution in [0.2, 0.25) is 6.04 Å². The molecule has 0 amide bonds. The van der Waals surface area contributed by atoms with Crippen molar-refractivity contribution >= 4 is 8.72 Å². The van der Waals surface area contributed by atoms with Gasteiger partial charge in [0, 0.05) is 19.3 Å². The van der Waals surface area contributed by atoms with Crippen LogP contribution in [0.4, 0.5) is 0 Å². The van der Waals surface area contributed by atoms with Crippen molar-refractivity contribution in [2.45, 2.75) is 59.4 Å². The predicted octanol–water partition coefficient (Wildman–Crippen LogP) is 3.19. The molecular weight excluding hydrogens is 218 g/mol. The van der Waals surface area contributed by atoms with Gasteiger partial charge in [-0.15, -0.1) is 0 Å². The zero-order valence-corrected chi connectivity index (χ0v) is 12.5. The quantitative estimate of drug-likeness (QED) is 0.449. The maximum Gasteiger partial charge on any atom is 0.425 e. The standard InChI is InChI=1S/C12H29NO2Si/c1-5-9-10-11-12-16(13-6-2,14-7-3)15-8-4/h13H,5-12H2,1-4H3. The molecular formula is C12H29NO2Si. The molecule has 0 aromatic heterocycles. The lowest BCUT2D eigenvalue weighted by molar-refractivity contribution is 0.170. The number of hydrogen-bond acceptors (Lipinski definition) is 3. The summed E-state index contributed by atoms with van der Waals surface area (Å²) in [6, 6.07) is 1.07. The maximum absolute atomic E-state index is 5.90. The van der Waals surface area contributed by atoms with Gasteiger partial charge in [-0.3, -0.25) is 4.98 Å². The topological polar surface area (TPSA) is 30.5 Å². The first-order valence-electron chi connectivity index (χ1n) is 6.77. The molecule has 0 unspecified atom stereocenters. The third kappa shape index (κ3) is 6.63. The molecule has 0 heterocycles. The molecule has 0 aromatic carbocycles. The molecule has 0 aliphatic heterocycles. The minimum absolute atomic E-state index is 0.743. The van der Waals surface area contributed by atoms with Crippen molar-refractivity contribution < 1.29 is 8.85 Å². The first-order valence-corrected chi connectivity index (χ1v) is 8.79. The Morgan fingerprint density at radius 1 is 0.875 bits per heavy atom. The molecule has 0 aliphatic carbocycles. The molecule has 0 aliphatic rings. The number of unbranched alkanes of at least 4 members (excludes halogenated alkanes) is 3. The summed E-state index contributed by atoms with van der Waals surface area (Å²) in [4.78, 5) is 3.47. The van der Waals surface area contributed by atoms with Crippen molar-refractivity contribution in [3.05, 3.63) is 0 Å². The van der Waals surface area contributed by atoms with E-state index in [1.807, 2.05) is 13.8 Å². The van der Waals surface area contributed by atoms with Crippen molar-refractivity contribution in [1.29, 1.82) is 0 Å². The average molecular weight is 247 g/mol. The summed E-state index contributed by atoms with van der Waals surface area (Å²) >= 11 is 0. The maximum atomic E-state index is 5.90. The van der Waals surface area contributed by atoms with E-state index < -0.39 is 8.72 Å². The summed E-state index contributed by atoms with van der Waals surface area (Å²) < 4.78 is 11.8. The molecule has 16 heavy (non-hydrogen) atoms. The van der Waals surface area contributed by atoms with Gasteiger partial charge >= 0.3 is 8.72 Å². The fraction of sp³-hybridized carbons (Fsp3) is 1.00. The molecule has 0 radical (unpaired) electrons. The van der Waals surface area contributed by atoms with E-state index in [0.717, 1.165) is 25.8 Å². The third-order valence-electron chi connectivity index (χ3n) is 2.56. The Morgan fingerprint density at radius 2 is 1.50 bits per heavy atom. The van der Waals surface area contributed by atoms with E-state index in [2.05, 4.69) is 18.8 Å². The molecule has 0 spiro atoms. The van der Waals surface area contributed by atoms with Gasteiger partial charge in [-0.05, 0) is 26.8 Å². The van der Waals surface area contributed by atoms with Gasteiger partial charge in [0.2, 0.25) is 0 Å². The van der Waals surface area contributed by atoms with Gasteiger partial charge in [0.05, 0.1) is 0 Å². The SMILES string of the molecule is CCCCCC[Si](NCC)(OCC)OCC. The van der Waals surface area contributed by atoms with Gasteiger partial charge in [0.25, 0.3) is 0 Å². The van der Waals surface area contributed by atoms with E-state index in [1.165, 1.54) is 25.7 Å². The van der Waals surface area contributed by atoms with Crippen LogP contribution in [0.25, 0.3) is 0 Å². The Bertz CT molecular complexity index is 139. The summed E-state index contributed by atoms with van der Waals surface area (Å²) in [6.07, 6.45) is 5.09. The Hall–Kier alpha value is 0.0969. The second-order valence-corrected chi connectivity index (χ2v) is 6.90. The van der Waals surface area contributed by atoms with E-state index in [9.17, 15) is 0 Å². The van der Waals surface area contributed by atoms with Crippen LogP contribution >= 0.6 is 0 Å². The van der Waals surface area contributed by atoms with Crippen molar-refractivity contribution in [3.63, 3.8) is 0 Å². The van der Waals surface area contributed by atoms with Crippen LogP contribution < -0.4 is 4.98 Å². The smallest absolute Gasteiger partial charge is 0.383 e. The monoisotopic (exact) mass is 247 g/mol. The van der Waals surface area contributed by atoms with E-state index in [1.54, 1.807) is 0 Å². The molecule has 0 atom stereocenters. The van der Waals surface area contributed by atoms with Crippen molar-refractivity contribution in [2.24, 2.45) is 0 Å². The fourth-order valence-corrected chi connectivity index (χ4v) is 4.84. The predicted molar refractivity (Wildman–Crippen MR) is 71.6 cm³/mol. The third-order valence-corrected chi connectivity index (χ3v) is 5.97. The summed E-state index contributed by atoms with van der Waals surface area (Å²) in [5.41, 5.74) is 0. The Morgan fingerprint density at radius 3 is 1.94 bits per heavy atom. The largest absolute Gasteiger partial charge is 0.425 e. The van der Waals surface area contributed by atoms with Crippen LogP contribution in [0.3, 0.4) is 0 Å². The van der Waals surface area contributed by atoms with E-state index in [0.29, 0.717) is 0 Å². The minimum atomic E-state index is -2.10. The number of rotatable bonds is 11. The second-order valence-electron chi connectivity index (χ2n) is 3.96. The fourth-order valence-electron chi connectivity index (χ4n) is 1.90. The van der Waals surface area contributed by atoms with Crippen LogP contribution in [-0.2, 0) is 8.85 Å². The molecule has 0 bridgehead atoms. The Kier molecular flexibility index (Phi) is 10.3. The molecule has 3 nitrogen and oxygen atoms in total. The summed E-state index contributed by atoms with van der Waals surface area (Å²) in [7, 11) is -2.10. The van der Waals surface area contributed by atoms with Gasteiger partial charge in [0.1, 0.15) is 0 Å². The molecule has 0 aromatic rings. The number of hydrogen-bond donors (Lipinski definition) is 1. The summed E-state index contributed by atoms with van der Waals surface area (Å²) in [5, 5.41) is 0. The molecule has 1 N–H and O–H groups in total. The van der Waals surface area contributed by atoms with Crippen molar-refractivity contribution in [1.82, 2.24) is 4.98 Å². The minimum Gasteiger partial charge on any atom is -0.383 e. The first-order chi connectivity index (χ1) is 7.74. The lowest BCUT2D eigenvalue weighted by atomic mass is 10.2. The van der Waals surface area contributed by atoms with Gasteiger partial charge in [-0.1, -0.05) is 33.1 Å². The first kappa shape index (κ1) is 16.1. The van der Waals surface area contributed by atoms with Crippen molar-refractivity contribution in [3.8, 4) is 0 Å². The highest BCUT2D eigenvalue weighted by Crippen LogP contribution is 2.16. The van der Waals surface area contributed by atoms with E-state index in [-0.39, 0.29) is 0 Å². The lowest BCUT2D eigenvalue weighted by Crippen LogP contribution is -2.56. The normalized spacial score (nSPS) is 12.0. The molecule has 0 saturated heterocycles. The Balaban J connectivity index is 4.12. The van der Waals surface area contributed by atoms with Gasteiger partial charge < -0.3 is 8.85 Å². The Labute approximate surface area is 102 Å². The van der Waals surface area contributed by atoms with E-state index >= 15 is 0 Å². The van der Waals surface area contributed by atoms with Gasteiger partial charge in [-0.2, -0.15) is 0 Å². The van der Waals surface area contributed by atoms with Crippen LogP contribution in [0.1, 0.15) is 53.4 Å². The molecule has 4 heteroatoms. The molecule has 0 fully saturated rings. The second kappa shape index (κ2) is 10.3. The van der Waals surface area contributed by atoms with Crippen LogP contribution in [0.15, 0.2) is 0 Å². The molecule has 98 valence electrons. The molecule has 0 saturated carbocycles. The van der Waals surface area contributed by atoms with Gasteiger partial charge in [0.15, 0.2) is 0 Å². The zero-order valence-electron chi connectivity index (χ0n) is 11.5. The highest BCUT2D eigenvalue weighted by Gasteiger charge is 2.36. The summed E-state index contributed by atoms with van der Waals surface area (Å²) in [6.45, 7) is 10.9. The highest BCUT2D eigenvalue weighted by atomic mass is 28.4.